The molecule has 1 aliphatic rings. The van der Waals surface area contributed by atoms with Gasteiger partial charge in [-0.2, -0.15) is 0 Å². The summed E-state index contributed by atoms with van der Waals surface area (Å²) in [6.07, 6.45) is 4.05. The van der Waals surface area contributed by atoms with E-state index in [2.05, 4.69) is 15.3 Å². The average molecular weight is 289 g/mol. The summed E-state index contributed by atoms with van der Waals surface area (Å²) in [5, 5.41) is 3.35. The first-order chi connectivity index (χ1) is 9.74. The Kier molecular flexibility index (Phi) is 3.52. The molecule has 5 nitrogen and oxygen atoms in total. The summed E-state index contributed by atoms with van der Waals surface area (Å²) in [5.74, 6) is 0. The number of para-hydroxylation sites is 1. The van der Waals surface area contributed by atoms with Gasteiger partial charge in [0, 0.05) is 24.7 Å². The maximum atomic E-state index is 12.2. The number of carbonyl (C=O) groups excluding carboxylic acids is 1. The number of hydrogen-bond acceptors (Lipinski definition) is 3. The van der Waals surface area contributed by atoms with Crippen molar-refractivity contribution in [1.82, 2.24) is 14.9 Å². The minimum absolute atomic E-state index is 0.160. The third-order valence-corrected chi connectivity index (χ3v) is 3.59. The van der Waals surface area contributed by atoms with Gasteiger partial charge in [0.25, 0.3) is 0 Å². The van der Waals surface area contributed by atoms with Gasteiger partial charge in [-0.15, -0.1) is 0 Å². The lowest BCUT2D eigenvalue weighted by Crippen LogP contribution is -2.39. The van der Waals surface area contributed by atoms with E-state index >= 15 is 0 Å². The lowest BCUT2D eigenvalue weighted by molar-refractivity contribution is 0.206. The standard InChI is InChI=1S/C14H13ClN4O/c15-11-3-1-2-4-13(11)18-14(20)19-6-5-12-10(8-19)7-16-9-17-12/h1-4,7,9H,5-6,8H2,(H,18,20). The molecule has 0 spiro atoms. The van der Waals surface area contributed by atoms with Gasteiger partial charge in [-0.3, -0.25) is 0 Å². The van der Waals surface area contributed by atoms with Crippen LogP contribution < -0.4 is 5.32 Å². The number of nitrogens with zero attached hydrogens (tertiary/aromatic N) is 3. The summed E-state index contributed by atoms with van der Waals surface area (Å²) in [7, 11) is 0. The molecule has 0 saturated heterocycles. The van der Waals surface area contributed by atoms with E-state index < -0.39 is 0 Å². The third-order valence-electron chi connectivity index (χ3n) is 3.26. The molecule has 6 heteroatoms. The molecule has 0 radical (unpaired) electrons. The molecule has 1 aliphatic heterocycles. The van der Waals surface area contributed by atoms with Crippen molar-refractivity contribution in [2.75, 3.05) is 11.9 Å². The van der Waals surface area contributed by atoms with Crippen molar-refractivity contribution in [2.45, 2.75) is 13.0 Å². The summed E-state index contributed by atoms with van der Waals surface area (Å²) in [4.78, 5) is 22.2. The number of anilines is 1. The zero-order chi connectivity index (χ0) is 13.9. The van der Waals surface area contributed by atoms with Crippen molar-refractivity contribution in [3.63, 3.8) is 0 Å². The molecule has 1 aromatic heterocycles. The molecule has 0 bridgehead atoms. The van der Waals surface area contributed by atoms with E-state index in [9.17, 15) is 4.79 Å². The Morgan fingerprint density at radius 2 is 2.20 bits per heavy atom. The third kappa shape index (κ3) is 2.58. The number of aromatic nitrogens is 2. The molecule has 0 aliphatic carbocycles. The zero-order valence-electron chi connectivity index (χ0n) is 10.7. The van der Waals surface area contributed by atoms with E-state index in [1.54, 1.807) is 23.2 Å². The number of amides is 2. The van der Waals surface area contributed by atoms with Crippen LogP contribution in [-0.2, 0) is 13.0 Å². The highest BCUT2D eigenvalue weighted by atomic mass is 35.5. The largest absolute Gasteiger partial charge is 0.322 e. The molecule has 3 rings (SSSR count). The lowest BCUT2D eigenvalue weighted by Gasteiger charge is -2.28. The fourth-order valence-electron chi connectivity index (χ4n) is 2.20. The normalized spacial score (nSPS) is 13.8. The van der Waals surface area contributed by atoms with Crippen molar-refractivity contribution in [3.05, 3.63) is 53.1 Å². The van der Waals surface area contributed by atoms with E-state index in [0.29, 0.717) is 23.8 Å². The summed E-state index contributed by atoms with van der Waals surface area (Å²) in [6.45, 7) is 1.16. The molecule has 2 heterocycles. The molecule has 0 saturated carbocycles. The van der Waals surface area contributed by atoms with Crippen LogP contribution in [0.4, 0.5) is 10.5 Å². The van der Waals surface area contributed by atoms with Crippen LogP contribution in [0.25, 0.3) is 0 Å². The molecule has 0 unspecified atom stereocenters. The Morgan fingerprint density at radius 1 is 1.35 bits per heavy atom. The quantitative estimate of drug-likeness (QED) is 0.878. The molecule has 0 fully saturated rings. The highest BCUT2D eigenvalue weighted by Gasteiger charge is 2.21. The van der Waals surface area contributed by atoms with Gasteiger partial charge in [0.2, 0.25) is 0 Å². The van der Waals surface area contributed by atoms with Gasteiger partial charge < -0.3 is 10.2 Å². The first-order valence-corrected chi connectivity index (χ1v) is 6.70. The Labute approximate surface area is 121 Å². The number of rotatable bonds is 1. The number of hydrogen-bond donors (Lipinski definition) is 1. The van der Waals surface area contributed by atoms with Crippen molar-refractivity contribution in [1.29, 1.82) is 0 Å². The number of benzene rings is 1. The number of carbonyl (C=O) groups is 1. The summed E-state index contributed by atoms with van der Waals surface area (Å²) < 4.78 is 0. The Morgan fingerprint density at radius 3 is 3.05 bits per heavy atom. The molecular formula is C14H13ClN4O. The molecule has 2 amide bonds. The van der Waals surface area contributed by atoms with Crippen molar-refractivity contribution in [3.8, 4) is 0 Å². The summed E-state index contributed by atoms with van der Waals surface area (Å²) in [5.41, 5.74) is 2.63. The fourth-order valence-corrected chi connectivity index (χ4v) is 2.38. The second-order valence-corrected chi connectivity index (χ2v) is 4.98. The Hall–Kier alpha value is -2.14. The number of nitrogens with one attached hydrogen (secondary N) is 1. The Bertz CT molecular complexity index is 647. The van der Waals surface area contributed by atoms with E-state index in [4.69, 9.17) is 11.6 Å². The van der Waals surface area contributed by atoms with Crippen LogP contribution in [0.15, 0.2) is 36.8 Å². The molecule has 2 aromatic rings. The lowest BCUT2D eigenvalue weighted by atomic mass is 10.1. The van der Waals surface area contributed by atoms with Gasteiger partial charge >= 0.3 is 6.03 Å². The van der Waals surface area contributed by atoms with E-state index in [1.165, 1.54) is 6.33 Å². The highest BCUT2D eigenvalue weighted by molar-refractivity contribution is 6.33. The van der Waals surface area contributed by atoms with E-state index in [-0.39, 0.29) is 6.03 Å². The molecule has 102 valence electrons. The summed E-state index contributed by atoms with van der Waals surface area (Å²) in [6, 6.07) is 7.03. The topological polar surface area (TPSA) is 58.1 Å². The van der Waals surface area contributed by atoms with E-state index in [1.807, 2.05) is 12.1 Å². The maximum absolute atomic E-state index is 12.2. The number of halogens is 1. The fraction of sp³-hybridized carbons (Fsp3) is 0.214. The second kappa shape index (κ2) is 5.46. The molecule has 0 atom stereocenters. The second-order valence-electron chi connectivity index (χ2n) is 4.58. The van der Waals surface area contributed by atoms with Crippen LogP contribution in [-0.4, -0.2) is 27.4 Å². The van der Waals surface area contributed by atoms with Gasteiger partial charge in [0.05, 0.1) is 22.9 Å². The predicted octanol–water partition coefficient (Wildman–Crippen LogP) is 2.72. The van der Waals surface area contributed by atoms with Gasteiger partial charge in [-0.25, -0.2) is 14.8 Å². The van der Waals surface area contributed by atoms with Gasteiger partial charge in [-0.1, -0.05) is 23.7 Å². The number of urea groups is 1. The Balaban J connectivity index is 1.72. The maximum Gasteiger partial charge on any atom is 0.322 e. The van der Waals surface area contributed by atoms with Crippen LogP contribution in [0, 0.1) is 0 Å². The van der Waals surface area contributed by atoms with Gasteiger partial charge in [0.15, 0.2) is 0 Å². The van der Waals surface area contributed by atoms with Crippen LogP contribution >= 0.6 is 11.6 Å². The zero-order valence-corrected chi connectivity index (χ0v) is 11.5. The first-order valence-electron chi connectivity index (χ1n) is 6.32. The minimum Gasteiger partial charge on any atom is -0.320 e. The monoisotopic (exact) mass is 288 g/mol. The van der Waals surface area contributed by atoms with E-state index in [0.717, 1.165) is 17.7 Å². The van der Waals surface area contributed by atoms with Gasteiger partial charge in [0.1, 0.15) is 6.33 Å². The van der Waals surface area contributed by atoms with Gasteiger partial charge in [-0.05, 0) is 12.1 Å². The molecule has 1 aromatic carbocycles. The predicted molar refractivity (Wildman–Crippen MR) is 76.6 cm³/mol. The van der Waals surface area contributed by atoms with Crippen LogP contribution in [0.3, 0.4) is 0 Å². The van der Waals surface area contributed by atoms with Crippen LogP contribution in [0.5, 0.6) is 0 Å². The van der Waals surface area contributed by atoms with Crippen molar-refractivity contribution < 1.29 is 4.79 Å². The van der Waals surface area contributed by atoms with Crippen molar-refractivity contribution >= 4 is 23.3 Å². The average Bonchev–Trinajstić information content (AvgIpc) is 2.49. The highest BCUT2D eigenvalue weighted by Crippen LogP contribution is 2.22. The van der Waals surface area contributed by atoms with Crippen LogP contribution in [0.1, 0.15) is 11.3 Å². The molecular weight excluding hydrogens is 276 g/mol. The summed E-state index contributed by atoms with van der Waals surface area (Å²) >= 11 is 6.04. The van der Waals surface area contributed by atoms with Crippen LogP contribution in [0.2, 0.25) is 5.02 Å². The smallest absolute Gasteiger partial charge is 0.320 e. The molecule has 20 heavy (non-hydrogen) atoms. The SMILES string of the molecule is O=C(Nc1ccccc1Cl)N1CCc2ncncc2C1. The molecule has 1 N–H and O–H groups in total. The van der Waals surface area contributed by atoms with Crippen molar-refractivity contribution in [2.24, 2.45) is 0 Å². The number of fused-ring (bicyclic) bond motifs is 1. The first kappa shape index (κ1) is 12.9. The minimum atomic E-state index is -0.160.